The Balaban J connectivity index is 3.16. The molecule has 0 aliphatic heterocycles. The van der Waals surface area contributed by atoms with Gasteiger partial charge < -0.3 is 0 Å². The number of benzene rings is 1. The van der Waals surface area contributed by atoms with Gasteiger partial charge >= 0.3 is 35.8 Å². The lowest BCUT2D eigenvalue weighted by Crippen LogP contribution is -2.70. The van der Waals surface area contributed by atoms with E-state index in [2.05, 4.69) is 6.58 Å². The highest BCUT2D eigenvalue weighted by Crippen LogP contribution is 2.60. The Hall–Kier alpha value is -2.52. The predicted molar refractivity (Wildman–Crippen MR) is 88.5 cm³/mol. The molecule has 0 N–H and O–H groups in total. The molecular weight excluding hydrogens is 509 g/mol. The second-order valence-corrected chi connectivity index (χ2v) is 6.65. The van der Waals surface area contributed by atoms with Crippen molar-refractivity contribution in [3.05, 3.63) is 48.6 Å². The van der Waals surface area contributed by atoms with Gasteiger partial charge in [-0.25, -0.2) is 5.06 Å². The average molecular weight is 523 g/mol. The summed E-state index contributed by atoms with van der Waals surface area (Å²) in [6.07, 6.45) is -9.67. The van der Waals surface area contributed by atoms with Crippen LogP contribution in [0.15, 0.2) is 43.0 Å². The maximum atomic E-state index is 13.9. The van der Waals surface area contributed by atoms with Gasteiger partial charge in [0.25, 0.3) is 5.91 Å². The second kappa shape index (κ2) is 9.62. The molecule has 0 saturated heterocycles. The van der Waals surface area contributed by atoms with Crippen LogP contribution in [0.2, 0.25) is 0 Å². The van der Waals surface area contributed by atoms with E-state index in [1.165, 1.54) is 30.3 Å². The Labute approximate surface area is 182 Å². The molecule has 1 amide bonds. The lowest BCUT2D eigenvalue weighted by Gasteiger charge is -2.40. The zero-order chi connectivity index (χ0) is 26.8. The summed E-state index contributed by atoms with van der Waals surface area (Å²) in [6, 6.07) is 7.25. The molecule has 34 heavy (non-hydrogen) atoms. The lowest BCUT2D eigenvalue weighted by atomic mass is 9.92. The average Bonchev–Trinajstić information content (AvgIpc) is 2.72. The maximum absolute atomic E-state index is 13.9. The van der Waals surface area contributed by atoms with Crippen molar-refractivity contribution in [1.82, 2.24) is 5.06 Å². The monoisotopic (exact) mass is 523 g/mol. The Bertz CT molecular complexity index is 853. The van der Waals surface area contributed by atoms with Crippen molar-refractivity contribution in [3.63, 3.8) is 0 Å². The Morgan fingerprint density at radius 3 is 1.71 bits per heavy atom. The van der Waals surface area contributed by atoms with Crippen molar-refractivity contribution in [3.8, 4) is 0 Å². The summed E-state index contributed by atoms with van der Waals surface area (Å²) in [5, 5.41) is -0.0927. The molecule has 194 valence electrons. The van der Waals surface area contributed by atoms with Crippen molar-refractivity contribution in [1.29, 1.82) is 0 Å². The van der Waals surface area contributed by atoms with Crippen LogP contribution < -0.4 is 0 Å². The summed E-state index contributed by atoms with van der Waals surface area (Å²) < 4.78 is 171. The van der Waals surface area contributed by atoms with Crippen molar-refractivity contribution < 1.29 is 66.7 Å². The van der Waals surface area contributed by atoms with E-state index in [1.807, 2.05) is 0 Å². The number of amides is 1. The molecule has 0 radical (unpaired) electrons. The van der Waals surface area contributed by atoms with Gasteiger partial charge in [-0.3, -0.25) is 9.63 Å². The maximum Gasteiger partial charge on any atom is 0.460 e. The fourth-order valence-corrected chi connectivity index (χ4v) is 2.27. The summed E-state index contributed by atoms with van der Waals surface area (Å²) in [5.74, 6) is -38.8. The third-order valence-electron chi connectivity index (χ3n) is 4.28. The summed E-state index contributed by atoms with van der Waals surface area (Å²) >= 11 is 0. The van der Waals surface area contributed by atoms with Gasteiger partial charge in [0.2, 0.25) is 0 Å². The minimum absolute atomic E-state index is 0.0927. The smallest absolute Gasteiger partial charge is 0.267 e. The van der Waals surface area contributed by atoms with Crippen molar-refractivity contribution in [2.45, 2.75) is 48.8 Å². The minimum Gasteiger partial charge on any atom is -0.267 e. The molecule has 16 heteroatoms. The lowest BCUT2D eigenvalue weighted by molar-refractivity contribution is -0.440. The van der Waals surface area contributed by atoms with Crippen LogP contribution in [-0.4, -0.2) is 53.3 Å². The summed E-state index contributed by atoms with van der Waals surface area (Å²) in [5.41, 5.74) is 0.294. The van der Waals surface area contributed by atoms with Crippen LogP contribution >= 0.6 is 0 Å². The molecule has 1 rings (SSSR count). The highest BCUT2D eigenvalue weighted by molar-refractivity contribution is 5.86. The van der Waals surface area contributed by atoms with Crippen LogP contribution in [0.1, 0.15) is 12.0 Å². The van der Waals surface area contributed by atoms with Crippen LogP contribution in [0.25, 0.3) is 0 Å². The predicted octanol–water partition coefficient (Wildman–Crippen LogP) is 6.26. The first-order valence-corrected chi connectivity index (χ1v) is 8.74. The summed E-state index contributed by atoms with van der Waals surface area (Å²) in [4.78, 5) is 16.4. The van der Waals surface area contributed by atoms with Gasteiger partial charge in [0, 0.05) is 6.42 Å². The van der Waals surface area contributed by atoms with Crippen LogP contribution in [-0.2, 0) is 16.2 Å². The molecule has 1 aromatic rings. The third-order valence-corrected chi connectivity index (χ3v) is 4.28. The number of hydrogen-bond acceptors (Lipinski definition) is 2. The number of carbonyl (C=O) groups excluding carboxylic acids is 1. The number of carbonyl (C=O) groups is 1. The van der Waals surface area contributed by atoms with E-state index in [0.717, 1.165) is 0 Å². The van der Waals surface area contributed by atoms with Crippen LogP contribution in [0, 0.1) is 0 Å². The van der Waals surface area contributed by atoms with Gasteiger partial charge in [0.05, 0.1) is 6.54 Å². The molecular formula is C18H14F13NO2. The Morgan fingerprint density at radius 2 is 1.26 bits per heavy atom. The number of halogens is 13. The SMILES string of the molecule is C=CC(=O)N(CCC(F)(F)C(F)(F)C(F)(F)C(F)(F)C(F)(F)C(F)(F)F)OCc1ccccc1. The van der Waals surface area contributed by atoms with Gasteiger partial charge in [-0.15, -0.1) is 0 Å². The van der Waals surface area contributed by atoms with Gasteiger partial charge in [-0.2, -0.15) is 57.1 Å². The molecule has 0 heterocycles. The summed E-state index contributed by atoms with van der Waals surface area (Å²) in [7, 11) is 0. The second-order valence-electron chi connectivity index (χ2n) is 6.65. The standard InChI is InChI=1S/C18H14F13NO2/c1-2-12(33)32(34-10-11-6-4-3-5-7-11)9-8-13(19,20)14(21,22)15(23,24)16(25,26)17(27,28)18(29,30)31/h2-7H,1,8-10H2. The fraction of sp³-hybridized carbons (Fsp3) is 0.500. The van der Waals surface area contributed by atoms with Gasteiger partial charge in [0.1, 0.15) is 6.61 Å². The molecule has 0 aromatic heterocycles. The van der Waals surface area contributed by atoms with E-state index >= 15 is 0 Å². The van der Waals surface area contributed by atoms with E-state index in [0.29, 0.717) is 11.6 Å². The molecule has 0 bridgehead atoms. The van der Waals surface area contributed by atoms with Crippen molar-refractivity contribution in [2.75, 3.05) is 6.54 Å². The highest BCUT2D eigenvalue weighted by atomic mass is 19.4. The van der Waals surface area contributed by atoms with Crippen molar-refractivity contribution in [2.24, 2.45) is 0 Å². The minimum atomic E-state index is -7.98. The van der Waals surface area contributed by atoms with E-state index < -0.39 is 61.3 Å². The number of nitrogens with zero attached hydrogens (tertiary/aromatic N) is 1. The van der Waals surface area contributed by atoms with Crippen LogP contribution in [0.5, 0.6) is 0 Å². The number of hydrogen-bond donors (Lipinski definition) is 0. The Kier molecular flexibility index (Phi) is 8.35. The molecule has 0 fully saturated rings. The molecule has 3 nitrogen and oxygen atoms in total. The zero-order valence-electron chi connectivity index (χ0n) is 16.5. The van der Waals surface area contributed by atoms with E-state index in [-0.39, 0.29) is 5.06 Å². The topological polar surface area (TPSA) is 29.5 Å². The first-order valence-electron chi connectivity index (χ1n) is 8.74. The quantitative estimate of drug-likeness (QED) is 0.195. The Morgan fingerprint density at radius 1 is 0.794 bits per heavy atom. The van der Waals surface area contributed by atoms with Crippen molar-refractivity contribution >= 4 is 5.91 Å². The van der Waals surface area contributed by atoms with E-state index in [4.69, 9.17) is 4.84 Å². The molecule has 0 atom stereocenters. The molecule has 0 aliphatic carbocycles. The zero-order valence-corrected chi connectivity index (χ0v) is 16.5. The normalized spacial score (nSPS) is 14.1. The highest BCUT2D eigenvalue weighted by Gasteiger charge is 2.90. The van der Waals surface area contributed by atoms with Gasteiger partial charge in [0.15, 0.2) is 0 Å². The summed E-state index contributed by atoms with van der Waals surface area (Å²) in [6.45, 7) is 0.677. The number of hydroxylamine groups is 2. The number of alkyl halides is 13. The largest absolute Gasteiger partial charge is 0.460 e. The molecule has 0 unspecified atom stereocenters. The fourth-order valence-electron chi connectivity index (χ4n) is 2.27. The van der Waals surface area contributed by atoms with Crippen LogP contribution in [0.4, 0.5) is 57.1 Å². The molecule has 0 spiro atoms. The van der Waals surface area contributed by atoms with E-state index in [9.17, 15) is 61.9 Å². The number of rotatable bonds is 11. The van der Waals surface area contributed by atoms with Crippen LogP contribution in [0.3, 0.4) is 0 Å². The molecule has 0 saturated carbocycles. The molecule has 1 aromatic carbocycles. The van der Waals surface area contributed by atoms with E-state index in [1.54, 1.807) is 0 Å². The first kappa shape index (κ1) is 29.5. The third kappa shape index (κ3) is 5.25. The van der Waals surface area contributed by atoms with Gasteiger partial charge in [-0.1, -0.05) is 36.9 Å². The first-order chi connectivity index (χ1) is 15.2. The molecule has 0 aliphatic rings. The van der Waals surface area contributed by atoms with Gasteiger partial charge in [-0.05, 0) is 11.6 Å².